The van der Waals surface area contributed by atoms with Crippen LogP contribution in [0.1, 0.15) is 27.9 Å². The minimum Gasteiger partial charge on any atom is -0.352 e. The molecular weight excluding hydrogens is 332 g/mol. The van der Waals surface area contributed by atoms with Gasteiger partial charge in [-0.05, 0) is 42.0 Å². The third kappa shape index (κ3) is 3.16. The van der Waals surface area contributed by atoms with Crippen molar-refractivity contribution in [3.63, 3.8) is 0 Å². The first-order chi connectivity index (χ1) is 13.3. The quantitative estimate of drug-likeness (QED) is 0.697. The van der Waals surface area contributed by atoms with Gasteiger partial charge >= 0.3 is 0 Å². The zero-order valence-corrected chi connectivity index (χ0v) is 15.7. The second-order valence-corrected chi connectivity index (χ2v) is 7.55. The van der Waals surface area contributed by atoms with Gasteiger partial charge in [-0.3, -0.25) is 0 Å². The average Bonchev–Trinajstić information content (AvgIpc) is 2.72. The van der Waals surface area contributed by atoms with Crippen LogP contribution in [0.25, 0.3) is 0 Å². The molecule has 0 bridgehead atoms. The first kappa shape index (κ1) is 16.3. The Bertz CT molecular complexity index is 906. The van der Waals surface area contributed by atoms with Gasteiger partial charge in [0.25, 0.3) is 0 Å². The molecule has 1 aromatic heterocycles. The molecule has 2 aromatic carbocycles. The molecular formula is C23H24N4. The lowest BCUT2D eigenvalue weighted by molar-refractivity contribution is 0.690. The summed E-state index contributed by atoms with van der Waals surface area (Å²) in [4.78, 5) is 14.4. The molecule has 3 aromatic rings. The number of benzene rings is 2. The maximum Gasteiger partial charge on any atom is 0.227 e. The number of nitrogens with zero attached hydrogens (tertiary/aromatic N) is 4. The molecule has 0 N–H and O–H groups in total. The van der Waals surface area contributed by atoms with E-state index in [1.165, 1.54) is 22.3 Å². The summed E-state index contributed by atoms with van der Waals surface area (Å²) in [5.41, 5.74) is 6.75. The Hall–Kier alpha value is -2.88. The molecule has 0 atom stereocenters. The number of anilines is 2. The predicted molar refractivity (Wildman–Crippen MR) is 109 cm³/mol. The van der Waals surface area contributed by atoms with Gasteiger partial charge < -0.3 is 9.80 Å². The van der Waals surface area contributed by atoms with Gasteiger partial charge in [0.15, 0.2) is 0 Å². The molecule has 0 radical (unpaired) electrons. The summed E-state index contributed by atoms with van der Waals surface area (Å²) in [6.45, 7) is 5.87. The minimum atomic E-state index is 0.860. The zero-order valence-electron chi connectivity index (χ0n) is 15.7. The minimum absolute atomic E-state index is 0.860. The highest BCUT2D eigenvalue weighted by Crippen LogP contribution is 2.27. The molecule has 2 aliphatic rings. The molecule has 2 aliphatic heterocycles. The Kier molecular flexibility index (Phi) is 4.04. The Balaban J connectivity index is 1.43. The van der Waals surface area contributed by atoms with Gasteiger partial charge in [0, 0.05) is 37.9 Å². The Morgan fingerprint density at radius 1 is 0.704 bits per heavy atom. The van der Waals surface area contributed by atoms with Crippen LogP contribution in [0.3, 0.4) is 0 Å². The van der Waals surface area contributed by atoms with Crippen molar-refractivity contribution in [2.75, 3.05) is 22.9 Å². The van der Waals surface area contributed by atoms with Gasteiger partial charge in [0.05, 0.1) is 0 Å². The topological polar surface area (TPSA) is 32.3 Å². The average molecular weight is 356 g/mol. The van der Waals surface area contributed by atoms with E-state index in [4.69, 9.17) is 9.97 Å². The standard InChI is InChI=1S/C23H24N4/c1-17-14-22(26-12-10-18-6-2-4-8-20(18)15-26)25-23(24-17)27-13-11-19-7-3-5-9-21(19)16-27/h2-9,14H,10-13,15-16H2,1H3. The van der Waals surface area contributed by atoms with E-state index in [0.717, 1.165) is 56.5 Å². The molecule has 0 fully saturated rings. The molecule has 0 amide bonds. The van der Waals surface area contributed by atoms with Gasteiger partial charge in [-0.15, -0.1) is 0 Å². The van der Waals surface area contributed by atoms with Gasteiger partial charge in [-0.25, -0.2) is 4.98 Å². The van der Waals surface area contributed by atoms with Crippen LogP contribution in [0.2, 0.25) is 0 Å². The molecule has 4 heteroatoms. The summed E-state index contributed by atoms with van der Waals surface area (Å²) < 4.78 is 0. The summed E-state index contributed by atoms with van der Waals surface area (Å²) in [5.74, 6) is 1.91. The summed E-state index contributed by atoms with van der Waals surface area (Å²) in [6.07, 6.45) is 2.13. The third-order valence-electron chi connectivity index (χ3n) is 5.70. The van der Waals surface area contributed by atoms with Crippen molar-refractivity contribution in [1.82, 2.24) is 9.97 Å². The fourth-order valence-electron chi connectivity index (χ4n) is 4.20. The van der Waals surface area contributed by atoms with Gasteiger partial charge in [0.1, 0.15) is 5.82 Å². The van der Waals surface area contributed by atoms with E-state index in [9.17, 15) is 0 Å². The van der Waals surface area contributed by atoms with Crippen molar-refractivity contribution >= 4 is 11.8 Å². The van der Waals surface area contributed by atoms with Crippen LogP contribution >= 0.6 is 0 Å². The highest BCUT2D eigenvalue weighted by molar-refractivity contribution is 5.50. The molecule has 0 saturated heterocycles. The first-order valence-corrected chi connectivity index (χ1v) is 9.75. The molecule has 27 heavy (non-hydrogen) atoms. The summed E-state index contributed by atoms with van der Waals surface area (Å²) in [7, 11) is 0. The molecule has 5 rings (SSSR count). The molecule has 0 unspecified atom stereocenters. The normalized spacial score (nSPS) is 16.0. The van der Waals surface area contributed by atoms with Crippen LogP contribution < -0.4 is 9.80 Å². The lowest BCUT2D eigenvalue weighted by Gasteiger charge is -2.32. The second-order valence-electron chi connectivity index (χ2n) is 7.55. The van der Waals surface area contributed by atoms with E-state index in [-0.39, 0.29) is 0 Å². The summed E-state index contributed by atoms with van der Waals surface area (Å²) in [5, 5.41) is 0. The number of hydrogen-bond donors (Lipinski definition) is 0. The van der Waals surface area contributed by atoms with Crippen LogP contribution in [0, 0.1) is 6.92 Å². The van der Waals surface area contributed by atoms with E-state index >= 15 is 0 Å². The zero-order chi connectivity index (χ0) is 18.2. The van der Waals surface area contributed by atoms with E-state index < -0.39 is 0 Å². The van der Waals surface area contributed by atoms with E-state index in [1.54, 1.807) is 0 Å². The van der Waals surface area contributed by atoms with Crippen molar-refractivity contribution < 1.29 is 0 Å². The van der Waals surface area contributed by atoms with Crippen LogP contribution in [0.15, 0.2) is 54.6 Å². The number of rotatable bonds is 2. The number of aryl methyl sites for hydroxylation is 1. The third-order valence-corrected chi connectivity index (χ3v) is 5.70. The Labute approximate surface area is 160 Å². The van der Waals surface area contributed by atoms with Crippen LogP contribution in [0.5, 0.6) is 0 Å². The molecule has 3 heterocycles. The van der Waals surface area contributed by atoms with Gasteiger partial charge in [-0.1, -0.05) is 48.5 Å². The maximum atomic E-state index is 4.97. The lowest BCUT2D eigenvalue weighted by Crippen LogP contribution is -2.34. The van der Waals surface area contributed by atoms with Crippen molar-refractivity contribution in [3.8, 4) is 0 Å². The SMILES string of the molecule is Cc1cc(N2CCc3ccccc3C2)nc(N2CCc3ccccc3C2)n1. The van der Waals surface area contributed by atoms with Crippen molar-refractivity contribution in [2.24, 2.45) is 0 Å². The summed E-state index contributed by atoms with van der Waals surface area (Å²) >= 11 is 0. The fourth-order valence-corrected chi connectivity index (χ4v) is 4.20. The van der Waals surface area contributed by atoms with Crippen LogP contribution in [0.4, 0.5) is 11.8 Å². The predicted octanol–water partition coefficient (Wildman–Crippen LogP) is 3.91. The monoisotopic (exact) mass is 356 g/mol. The first-order valence-electron chi connectivity index (χ1n) is 9.75. The fraction of sp³-hybridized carbons (Fsp3) is 0.304. The highest BCUT2D eigenvalue weighted by Gasteiger charge is 2.22. The number of hydrogen-bond acceptors (Lipinski definition) is 4. The largest absolute Gasteiger partial charge is 0.352 e. The van der Waals surface area contributed by atoms with E-state index in [2.05, 4.69) is 71.3 Å². The molecule has 0 spiro atoms. The molecule has 136 valence electrons. The van der Waals surface area contributed by atoms with E-state index in [0.29, 0.717) is 0 Å². The van der Waals surface area contributed by atoms with Gasteiger partial charge in [-0.2, -0.15) is 4.98 Å². The van der Waals surface area contributed by atoms with Crippen molar-refractivity contribution in [2.45, 2.75) is 32.9 Å². The highest BCUT2D eigenvalue weighted by atomic mass is 15.3. The lowest BCUT2D eigenvalue weighted by atomic mass is 10.00. The van der Waals surface area contributed by atoms with Crippen molar-refractivity contribution in [3.05, 3.63) is 82.5 Å². The smallest absolute Gasteiger partial charge is 0.227 e. The number of aromatic nitrogens is 2. The Morgan fingerprint density at radius 2 is 1.26 bits per heavy atom. The second kappa shape index (κ2) is 6.69. The molecule has 0 aliphatic carbocycles. The van der Waals surface area contributed by atoms with Crippen molar-refractivity contribution in [1.29, 1.82) is 0 Å². The summed E-state index contributed by atoms with van der Waals surface area (Å²) in [6, 6.07) is 19.6. The van der Waals surface area contributed by atoms with E-state index in [1.807, 2.05) is 0 Å². The van der Waals surface area contributed by atoms with Gasteiger partial charge in [0.2, 0.25) is 5.95 Å². The number of fused-ring (bicyclic) bond motifs is 2. The van der Waals surface area contributed by atoms with Crippen LogP contribution in [-0.2, 0) is 25.9 Å². The molecule has 4 nitrogen and oxygen atoms in total. The maximum absolute atomic E-state index is 4.97. The van der Waals surface area contributed by atoms with Crippen LogP contribution in [-0.4, -0.2) is 23.1 Å². The Morgan fingerprint density at radius 3 is 1.93 bits per heavy atom. The molecule has 0 saturated carbocycles.